The number of hydrogen-bond donors (Lipinski definition) is 2. The quantitative estimate of drug-likeness (QED) is 0.137. The third kappa shape index (κ3) is 9.38. The fraction of sp³-hybridized carbons (Fsp3) is 0.585. The normalized spacial score (nSPS) is 29.8. The average Bonchev–Trinajstić information content (AvgIpc) is 3.30. The van der Waals surface area contributed by atoms with E-state index in [-0.39, 0.29) is 44.7 Å². The van der Waals surface area contributed by atoms with E-state index in [0.29, 0.717) is 70.0 Å². The first-order chi connectivity index (χ1) is 32.2. The van der Waals surface area contributed by atoms with Crippen LogP contribution in [-0.4, -0.2) is 95.1 Å². The topological polar surface area (TPSA) is 215 Å². The average molecular weight is 1020 g/mol. The smallest absolute Gasteiger partial charge is 0.324 e. The molecule has 380 valence electrons. The number of carboxylic acids is 1. The van der Waals surface area contributed by atoms with Crippen LogP contribution in [0.15, 0.2) is 82.8 Å². The van der Waals surface area contributed by atoms with Crippen molar-refractivity contribution in [3.8, 4) is 0 Å². The summed E-state index contributed by atoms with van der Waals surface area (Å²) in [7, 11) is -5.17. The van der Waals surface area contributed by atoms with Gasteiger partial charge in [-0.05, 0) is 171 Å². The summed E-state index contributed by atoms with van der Waals surface area (Å²) >= 11 is 0. The highest BCUT2D eigenvalue weighted by Crippen LogP contribution is 2.63. The van der Waals surface area contributed by atoms with Gasteiger partial charge in [-0.3, -0.25) is 29.1 Å². The first-order valence-corrected chi connectivity index (χ1v) is 27.3. The van der Waals surface area contributed by atoms with Crippen LogP contribution in [0.5, 0.6) is 0 Å². The Hall–Kier alpha value is -4.19. The Morgan fingerprint density at radius 3 is 1.40 bits per heavy atom. The molecule has 4 unspecified atom stereocenters. The number of fused-ring (bicyclic) bond motifs is 2. The summed E-state index contributed by atoms with van der Waals surface area (Å²) in [5.74, 6) is 3.22. The lowest BCUT2D eigenvalue weighted by Gasteiger charge is -2.59. The molecule has 8 saturated carbocycles. The highest BCUT2D eigenvalue weighted by molar-refractivity contribution is 7.89. The van der Waals surface area contributed by atoms with Gasteiger partial charge in [-0.25, -0.2) is 16.8 Å². The van der Waals surface area contributed by atoms with Gasteiger partial charge in [0.15, 0.2) is 5.78 Å². The molecule has 0 amide bonds. The van der Waals surface area contributed by atoms with E-state index in [1.807, 2.05) is 12.1 Å². The summed E-state index contributed by atoms with van der Waals surface area (Å²) in [6.07, 6.45) is 14.4. The molecule has 4 atom stereocenters. The minimum atomic E-state index is -3.98. The fourth-order valence-corrected chi connectivity index (χ4v) is 16.9. The molecule has 0 saturated heterocycles. The molecule has 0 aliphatic heterocycles. The number of nitrogens with zero attached hydrogens (tertiary/aromatic N) is 4. The van der Waals surface area contributed by atoms with Gasteiger partial charge in [0, 0.05) is 60.6 Å². The number of likely N-dealkylation sites (N-methyl/N-ethyl adjacent to an activating group) is 2. The summed E-state index contributed by atoms with van der Waals surface area (Å²) < 4.78 is 54.8. The lowest BCUT2D eigenvalue weighted by molar-refractivity contribution is -0.151. The zero-order valence-electron chi connectivity index (χ0n) is 41.6. The third-order valence-electron chi connectivity index (χ3n) is 18.0. The van der Waals surface area contributed by atoms with Crippen LogP contribution in [0.1, 0.15) is 112 Å². The largest absolute Gasteiger partial charge is 0.480 e. The Morgan fingerprint density at radius 2 is 1.00 bits per heavy atom. The van der Waals surface area contributed by atoms with Crippen LogP contribution in [-0.2, 0) is 39.2 Å². The van der Waals surface area contributed by atoms with Crippen molar-refractivity contribution in [2.24, 2.45) is 58.0 Å². The summed E-state index contributed by atoms with van der Waals surface area (Å²) in [4.78, 5) is 57.7. The van der Waals surface area contributed by atoms with Gasteiger partial charge < -0.3 is 10.8 Å². The summed E-state index contributed by atoms with van der Waals surface area (Å²) in [5, 5.41) is 10.6. The zero-order chi connectivity index (χ0) is 50.2. The first kappa shape index (κ1) is 53.6. The third-order valence-corrected chi connectivity index (χ3v) is 22.1. The number of para-hydroxylation sites is 2. The van der Waals surface area contributed by atoms with Crippen molar-refractivity contribution in [2.45, 2.75) is 139 Å². The Labute approximate surface area is 419 Å². The van der Waals surface area contributed by atoms with E-state index in [4.69, 9.17) is 5.73 Å². The van der Waals surface area contributed by atoms with E-state index in [2.05, 4.69) is 9.97 Å². The zero-order valence-corrected chi connectivity index (χ0v) is 44.1. The summed E-state index contributed by atoms with van der Waals surface area (Å²) in [6.45, 7) is 9.62. The van der Waals surface area contributed by atoms with Crippen LogP contribution >= 0.6 is 12.4 Å². The number of hydrogen-bond acceptors (Lipinski definition) is 11. The second-order valence-corrected chi connectivity index (χ2v) is 26.4. The molecule has 4 aromatic rings. The van der Waals surface area contributed by atoms with Crippen LogP contribution in [0.4, 0.5) is 0 Å². The van der Waals surface area contributed by atoms with Gasteiger partial charge in [0.1, 0.15) is 26.9 Å². The number of benzene rings is 2. The number of halogens is 1. The second-order valence-electron chi connectivity index (χ2n) is 22.5. The van der Waals surface area contributed by atoms with Gasteiger partial charge >= 0.3 is 5.97 Å². The molecule has 12 rings (SSSR count). The predicted octanol–water partition coefficient (Wildman–Crippen LogP) is 8.49. The number of aromatic nitrogens is 2. The Kier molecular flexibility index (Phi) is 14.8. The van der Waals surface area contributed by atoms with E-state index in [1.54, 1.807) is 76.4 Å². The van der Waals surface area contributed by atoms with Crippen LogP contribution in [0.25, 0.3) is 21.8 Å². The van der Waals surface area contributed by atoms with Gasteiger partial charge in [0.2, 0.25) is 20.0 Å². The molecular weight excluding hydrogens is 950 g/mol. The monoisotopic (exact) mass is 1020 g/mol. The first-order valence-electron chi connectivity index (χ1n) is 24.4. The van der Waals surface area contributed by atoms with Crippen molar-refractivity contribution in [3.05, 3.63) is 73.1 Å². The predicted molar refractivity (Wildman–Crippen MR) is 271 cm³/mol. The Balaban J connectivity index is 0.000000170. The number of aliphatic carboxylic acids is 1. The number of pyridine rings is 2. The number of carboxylic acid groups (broad SMARTS) is 1. The molecule has 8 aliphatic rings. The van der Waals surface area contributed by atoms with E-state index in [0.717, 1.165) is 60.6 Å². The number of nitrogens with two attached hydrogens (primary N) is 1. The van der Waals surface area contributed by atoms with Crippen LogP contribution < -0.4 is 5.73 Å². The van der Waals surface area contributed by atoms with Gasteiger partial charge in [-0.15, -0.1) is 12.4 Å². The van der Waals surface area contributed by atoms with Crippen molar-refractivity contribution < 1.29 is 41.1 Å². The molecule has 14 nitrogen and oxygen atoms in total. The van der Waals surface area contributed by atoms with Gasteiger partial charge in [0.25, 0.3) is 0 Å². The number of sulfonamides is 2. The lowest BCUT2D eigenvalue weighted by Crippen LogP contribution is -2.58. The van der Waals surface area contributed by atoms with Crippen molar-refractivity contribution in [2.75, 3.05) is 14.1 Å². The van der Waals surface area contributed by atoms with Gasteiger partial charge in [0.05, 0.1) is 16.6 Å². The summed E-state index contributed by atoms with van der Waals surface area (Å²) in [5.41, 5.74) is 4.09. The molecule has 8 aliphatic carbocycles. The van der Waals surface area contributed by atoms with E-state index >= 15 is 0 Å². The number of Topliss-reactive ketones (excluding diaryl/α,β-unsaturated/α-hetero) is 3. The highest BCUT2D eigenvalue weighted by Gasteiger charge is 2.59. The highest BCUT2D eigenvalue weighted by atomic mass is 35.5. The fourth-order valence-electron chi connectivity index (χ4n) is 13.6. The lowest BCUT2D eigenvalue weighted by atomic mass is 9.44. The minimum absolute atomic E-state index is 0. The number of carbonyl (C=O) groups is 4. The minimum Gasteiger partial charge on any atom is -0.480 e. The SMILES string of the molecule is CC(=O)C12CC3CC(C1)C(CC(=O)C(C)(C)N(C)S(=O)(=O)c1cccc4cccnc14)C(C3)C2.CC(=O)C12CC3CC(C1)C(N)C(C3)C2.CN(C(C)(C)C(=O)O)S(=O)(=O)c1cccc2cccnc12.Cl. The van der Waals surface area contributed by atoms with Crippen molar-refractivity contribution in [1.82, 2.24) is 18.6 Å². The van der Waals surface area contributed by atoms with Crippen molar-refractivity contribution in [3.63, 3.8) is 0 Å². The molecule has 8 fully saturated rings. The molecule has 0 spiro atoms. The van der Waals surface area contributed by atoms with E-state index < -0.39 is 37.1 Å². The Bertz CT molecular complexity index is 2880. The van der Waals surface area contributed by atoms with Crippen LogP contribution in [0, 0.1) is 52.3 Å². The van der Waals surface area contributed by atoms with E-state index in [1.165, 1.54) is 63.8 Å². The maximum absolute atomic E-state index is 13.7. The van der Waals surface area contributed by atoms with Crippen molar-refractivity contribution >= 4 is 77.6 Å². The second kappa shape index (κ2) is 19.3. The molecule has 8 bridgehead atoms. The maximum Gasteiger partial charge on any atom is 0.324 e. The molecule has 0 radical (unpaired) electrons. The molecular formula is C53H70ClN5O9S2. The molecule has 3 N–H and O–H groups in total. The maximum atomic E-state index is 13.7. The van der Waals surface area contributed by atoms with Gasteiger partial charge in [-0.1, -0.05) is 36.4 Å². The molecule has 2 aromatic heterocycles. The van der Waals surface area contributed by atoms with E-state index in [9.17, 15) is 41.1 Å². The summed E-state index contributed by atoms with van der Waals surface area (Å²) in [6, 6.07) is 17.4. The molecule has 17 heteroatoms. The number of carbonyl (C=O) groups excluding carboxylic acids is 3. The molecule has 70 heavy (non-hydrogen) atoms. The van der Waals surface area contributed by atoms with Crippen molar-refractivity contribution in [1.29, 1.82) is 0 Å². The van der Waals surface area contributed by atoms with Gasteiger partial charge in [-0.2, -0.15) is 8.61 Å². The Morgan fingerprint density at radius 1 is 0.629 bits per heavy atom. The number of rotatable bonds is 12. The molecule has 2 heterocycles. The number of ketones is 3. The van der Waals surface area contributed by atoms with Crippen LogP contribution in [0.2, 0.25) is 0 Å². The standard InChI is InChI=1S/C27H34N2O4S.C14H16N2O4S.C12H19NO.ClH/c1-17(30)27-14-18-11-20(15-27)22(21(12-18)16-27)13-24(31)26(2,3)29(4)34(32,33)23-9-5-7-19-8-6-10-28-25(19)23;1-14(2,13(17)18)16(3)21(19,20)11-8-4-6-10-7-5-9-15-12(10)11;1-7(14)12-4-8-2-9(5-12)11(13)10(3-8)6-12;/h5-10,18,20-22H,11-16H2,1-4H3;4-9H,1-3H3,(H,17,18);8-11H,2-6,13H2,1H3;1H. The van der Waals surface area contributed by atoms with Crippen LogP contribution in [0.3, 0.4) is 0 Å². The molecule has 2 aromatic carbocycles.